The minimum atomic E-state index is -1.99. The summed E-state index contributed by atoms with van der Waals surface area (Å²) in [6.45, 7) is 3.17. The monoisotopic (exact) mass is 548 g/mol. The molecule has 0 saturated carbocycles. The highest BCUT2D eigenvalue weighted by Gasteiger charge is 2.44. The van der Waals surface area contributed by atoms with Gasteiger partial charge in [0, 0.05) is 22.2 Å². The molecule has 3 atom stereocenters. The Morgan fingerprint density at radius 3 is 2.14 bits per heavy atom. The maximum absolute atomic E-state index is 12.1. The lowest BCUT2D eigenvalue weighted by atomic mass is 9.75. The zero-order valence-electron chi connectivity index (χ0n) is 20.2. The third kappa shape index (κ3) is 6.84. The van der Waals surface area contributed by atoms with Gasteiger partial charge in [0.1, 0.15) is 5.41 Å². The largest absolute Gasteiger partial charge is 0.480 e. The van der Waals surface area contributed by atoms with E-state index in [0.29, 0.717) is 0 Å². The number of aliphatic carboxylic acids is 1. The number of rotatable bonds is 8. The van der Waals surface area contributed by atoms with Crippen LogP contribution in [0.5, 0.6) is 0 Å². The van der Waals surface area contributed by atoms with Gasteiger partial charge in [-0.05, 0) is 62.4 Å². The minimum Gasteiger partial charge on any atom is -0.480 e. The second-order valence-corrected chi connectivity index (χ2v) is 9.13. The molecule has 3 rings (SSSR count). The number of benzene rings is 3. The van der Waals surface area contributed by atoms with Crippen LogP contribution in [0.1, 0.15) is 47.0 Å². The lowest BCUT2D eigenvalue weighted by Crippen LogP contribution is -2.35. The predicted molar refractivity (Wildman–Crippen MR) is 141 cm³/mol. The summed E-state index contributed by atoms with van der Waals surface area (Å²) in [5.41, 5.74) is -1.99. The van der Waals surface area contributed by atoms with E-state index in [0.717, 1.165) is 23.8 Å². The summed E-state index contributed by atoms with van der Waals surface area (Å²) in [5.74, 6) is -2.73. The Kier molecular flexibility index (Phi) is 10.2. The van der Waals surface area contributed by atoms with E-state index in [1.165, 1.54) is 25.1 Å². The van der Waals surface area contributed by atoms with Crippen molar-refractivity contribution < 1.29 is 29.8 Å². The Morgan fingerprint density at radius 2 is 1.62 bits per heavy atom. The summed E-state index contributed by atoms with van der Waals surface area (Å²) in [6.07, 6.45) is -0.420. The van der Waals surface area contributed by atoms with Crippen molar-refractivity contribution in [3.05, 3.63) is 109 Å². The fourth-order valence-electron chi connectivity index (χ4n) is 3.58. The number of hydrogen-bond donors (Lipinski definition) is 4. The van der Waals surface area contributed by atoms with Crippen molar-refractivity contribution in [3.63, 3.8) is 0 Å². The average Bonchev–Trinajstić information content (AvgIpc) is 2.87. The molecule has 0 fully saturated rings. The molecule has 196 valence electrons. The molecule has 4 N–H and O–H groups in total. The van der Waals surface area contributed by atoms with Crippen molar-refractivity contribution in [1.29, 1.82) is 0 Å². The van der Waals surface area contributed by atoms with E-state index in [1.54, 1.807) is 0 Å². The van der Waals surface area contributed by atoms with E-state index in [9.17, 15) is 29.9 Å². The van der Waals surface area contributed by atoms with Crippen molar-refractivity contribution >= 4 is 40.8 Å². The van der Waals surface area contributed by atoms with Crippen LogP contribution in [-0.4, -0.2) is 45.3 Å². The Bertz CT molecular complexity index is 1290. The topological polar surface area (TPSA) is 150 Å². The first-order chi connectivity index (χ1) is 17.3. The summed E-state index contributed by atoms with van der Waals surface area (Å²) >= 11 is 12.0. The molecule has 0 amide bonds. The molecular weight excluding hydrogens is 523 g/mol. The van der Waals surface area contributed by atoms with Crippen LogP contribution in [0.4, 0.5) is 5.69 Å². The molecular formula is C26H26Cl2N2O7. The normalized spacial score (nSPS) is 13.9. The number of aliphatic hydroxyl groups excluding tert-OH is 1. The predicted octanol–water partition coefficient (Wildman–Crippen LogP) is 5.32. The minimum absolute atomic E-state index is 0.0378. The van der Waals surface area contributed by atoms with E-state index in [-0.39, 0.29) is 32.8 Å². The smallest absolute Gasteiger partial charge is 0.335 e. The van der Waals surface area contributed by atoms with Crippen LogP contribution in [0, 0.1) is 10.1 Å². The van der Waals surface area contributed by atoms with Gasteiger partial charge in [0.15, 0.2) is 0 Å². The highest BCUT2D eigenvalue weighted by atomic mass is 35.5. The average molecular weight is 549 g/mol. The van der Waals surface area contributed by atoms with E-state index in [1.807, 2.05) is 44.3 Å². The van der Waals surface area contributed by atoms with Crippen LogP contribution in [-0.2, 0) is 10.2 Å². The summed E-state index contributed by atoms with van der Waals surface area (Å²) < 4.78 is 0. The molecule has 37 heavy (non-hydrogen) atoms. The molecule has 0 aliphatic carbocycles. The van der Waals surface area contributed by atoms with Crippen LogP contribution < -0.4 is 5.32 Å². The van der Waals surface area contributed by atoms with Gasteiger partial charge in [-0.2, -0.15) is 0 Å². The molecule has 9 nitrogen and oxygen atoms in total. The quantitative estimate of drug-likeness (QED) is 0.218. The van der Waals surface area contributed by atoms with Gasteiger partial charge >= 0.3 is 11.9 Å². The molecule has 0 bridgehead atoms. The van der Waals surface area contributed by atoms with Crippen LogP contribution in [0.15, 0.2) is 66.7 Å². The third-order valence-electron chi connectivity index (χ3n) is 5.94. The summed E-state index contributed by atoms with van der Waals surface area (Å²) in [6, 6.07) is 16.8. The highest BCUT2D eigenvalue weighted by Crippen LogP contribution is 2.42. The Balaban J connectivity index is 0.000000335. The molecule has 0 unspecified atom stereocenters. The van der Waals surface area contributed by atoms with Gasteiger partial charge < -0.3 is 20.6 Å². The van der Waals surface area contributed by atoms with E-state index >= 15 is 0 Å². The molecule has 3 aromatic rings. The number of carboxylic acids is 2. The zero-order chi connectivity index (χ0) is 27.9. The number of carboxylic acid groups (broad SMARTS) is 2. The lowest BCUT2D eigenvalue weighted by Gasteiger charge is -2.27. The second-order valence-electron chi connectivity index (χ2n) is 8.28. The zero-order valence-corrected chi connectivity index (χ0v) is 21.7. The first kappa shape index (κ1) is 29.7. The Labute approximate surface area is 223 Å². The number of carbonyl (C=O) groups is 2. The van der Waals surface area contributed by atoms with Gasteiger partial charge in [0.2, 0.25) is 0 Å². The maximum atomic E-state index is 12.1. The fraction of sp³-hybridized carbons (Fsp3) is 0.231. The summed E-state index contributed by atoms with van der Waals surface area (Å²) in [7, 11) is 1.84. The SMILES string of the molecule is CN[C@@H](C)[C@@H](O)c1ccccc1.C[C@@](C(=O)O)(c1cc(C(=O)O)ccc1Cl)c1cc(Cl)ccc1[N+](=O)[O-]. The number of nitrogens with one attached hydrogen (secondary N) is 1. The number of hydrogen-bond acceptors (Lipinski definition) is 6. The highest BCUT2D eigenvalue weighted by molar-refractivity contribution is 6.32. The van der Waals surface area contributed by atoms with Crippen molar-refractivity contribution in [2.75, 3.05) is 7.05 Å². The number of aliphatic hydroxyl groups is 1. The third-order valence-corrected chi connectivity index (χ3v) is 6.51. The van der Waals surface area contributed by atoms with Crippen molar-refractivity contribution in [1.82, 2.24) is 5.32 Å². The van der Waals surface area contributed by atoms with E-state index in [2.05, 4.69) is 5.32 Å². The Morgan fingerprint density at radius 1 is 1.00 bits per heavy atom. The maximum Gasteiger partial charge on any atom is 0.335 e. The fourth-order valence-corrected chi connectivity index (χ4v) is 4.06. The molecule has 0 spiro atoms. The molecule has 0 saturated heterocycles. The lowest BCUT2D eigenvalue weighted by molar-refractivity contribution is -0.385. The molecule has 3 aromatic carbocycles. The van der Waals surface area contributed by atoms with Crippen molar-refractivity contribution in [3.8, 4) is 0 Å². The van der Waals surface area contributed by atoms with Crippen LogP contribution in [0.25, 0.3) is 0 Å². The van der Waals surface area contributed by atoms with Gasteiger partial charge in [0.25, 0.3) is 5.69 Å². The summed E-state index contributed by atoms with van der Waals surface area (Å²) in [4.78, 5) is 33.9. The number of nitro groups is 1. The van der Waals surface area contributed by atoms with Crippen molar-refractivity contribution in [2.24, 2.45) is 0 Å². The number of likely N-dealkylation sites (N-methyl/N-ethyl adjacent to an activating group) is 1. The number of halogens is 2. The van der Waals surface area contributed by atoms with Crippen LogP contribution in [0.3, 0.4) is 0 Å². The standard InChI is InChI=1S/C16H11Cl2NO6.C10H15NO/c1-16(15(22)23,10-6-8(14(20)21)2-4-12(10)18)11-7-9(17)3-5-13(11)19(24)25;1-8(11-2)10(12)9-6-4-3-5-7-9/h2-7H,1H3,(H,20,21)(H,22,23);3-8,10-12H,1-2H3/t16-;8-,10+/m10/s1. The van der Waals surface area contributed by atoms with Gasteiger partial charge in [-0.25, -0.2) is 4.79 Å². The van der Waals surface area contributed by atoms with Crippen LogP contribution in [0.2, 0.25) is 10.0 Å². The van der Waals surface area contributed by atoms with Crippen molar-refractivity contribution in [2.45, 2.75) is 31.4 Å². The number of aromatic carboxylic acids is 1. The van der Waals surface area contributed by atoms with Crippen LogP contribution >= 0.6 is 23.2 Å². The Hall–Kier alpha value is -3.50. The van der Waals surface area contributed by atoms with Gasteiger partial charge in [0.05, 0.1) is 22.2 Å². The molecule has 0 radical (unpaired) electrons. The van der Waals surface area contributed by atoms with E-state index in [4.69, 9.17) is 28.3 Å². The first-order valence-electron chi connectivity index (χ1n) is 11.0. The molecule has 11 heteroatoms. The molecule has 0 aliphatic rings. The molecule has 0 heterocycles. The van der Waals surface area contributed by atoms with Gasteiger partial charge in [-0.3, -0.25) is 14.9 Å². The van der Waals surface area contributed by atoms with Gasteiger partial charge in [-0.15, -0.1) is 0 Å². The first-order valence-corrected chi connectivity index (χ1v) is 11.7. The second kappa shape index (κ2) is 12.6. The van der Waals surface area contributed by atoms with Gasteiger partial charge in [-0.1, -0.05) is 53.5 Å². The van der Waals surface area contributed by atoms with E-state index < -0.39 is 34.1 Å². The summed E-state index contributed by atoms with van der Waals surface area (Å²) in [5, 5.41) is 43.1. The number of nitro benzene ring substituents is 1. The number of nitrogens with zero attached hydrogens (tertiary/aromatic N) is 1. The molecule has 0 aromatic heterocycles. The molecule has 0 aliphatic heterocycles.